The molecule has 1 amide bonds. The summed E-state index contributed by atoms with van der Waals surface area (Å²) >= 11 is 0. The second-order valence-electron chi connectivity index (χ2n) is 5.70. The molecular formula is C17H20FN3O3S. The van der Waals surface area contributed by atoms with Gasteiger partial charge in [-0.1, -0.05) is 6.07 Å². The molecule has 0 aliphatic carbocycles. The number of sulfonamides is 1. The zero-order valence-electron chi connectivity index (χ0n) is 14.2. The predicted molar refractivity (Wildman–Crippen MR) is 95.6 cm³/mol. The summed E-state index contributed by atoms with van der Waals surface area (Å²) in [5, 5.41) is 5.34. The van der Waals surface area contributed by atoms with Gasteiger partial charge < -0.3 is 10.6 Å². The lowest BCUT2D eigenvalue weighted by molar-refractivity contribution is -0.114. The Morgan fingerprint density at radius 1 is 1.12 bits per heavy atom. The van der Waals surface area contributed by atoms with Crippen molar-refractivity contribution >= 4 is 27.3 Å². The number of benzene rings is 2. The number of hydrogen-bond acceptors (Lipinski definition) is 4. The Morgan fingerprint density at radius 2 is 1.76 bits per heavy atom. The van der Waals surface area contributed by atoms with Gasteiger partial charge in [0.25, 0.3) is 0 Å². The monoisotopic (exact) mass is 365 g/mol. The molecule has 2 aromatic carbocycles. The number of anilines is 2. The zero-order chi connectivity index (χ0) is 18.6. The van der Waals surface area contributed by atoms with Crippen LogP contribution in [-0.2, 0) is 14.8 Å². The molecular weight excluding hydrogens is 345 g/mol. The van der Waals surface area contributed by atoms with Gasteiger partial charge >= 0.3 is 0 Å². The molecule has 0 spiro atoms. The van der Waals surface area contributed by atoms with E-state index in [1.54, 1.807) is 19.1 Å². The van der Waals surface area contributed by atoms with E-state index in [-0.39, 0.29) is 23.0 Å². The maximum atomic E-state index is 13.7. The van der Waals surface area contributed by atoms with E-state index >= 15 is 0 Å². The van der Waals surface area contributed by atoms with Crippen LogP contribution in [-0.4, -0.2) is 39.3 Å². The third-order valence-corrected chi connectivity index (χ3v) is 5.31. The number of nitrogens with zero attached hydrogens (tertiary/aromatic N) is 1. The fraction of sp³-hybridized carbons (Fsp3) is 0.235. The van der Waals surface area contributed by atoms with Gasteiger partial charge in [0, 0.05) is 19.8 Å². The van der Waals surface area contributed by atoms with Crippen molar-refractivity contribution in [1.82, 2.24) is 4.31 Å². The summed E-state index contributed by atoms with van der Waals surface area (Å²) in [5.41, 5.74) is 1.49. The SMILES string of the molecule is Cc1ccc(NCC(=O)Nc2ccc(S(=O)(=O)N(C)C)cc2)c(F)c1. The molecule has 134 valence electrons. The summed E-state index contributed by atoms with van der Waals surface area (Å²) < 4.78 is 38.8. The van der Waals surface area contributed by atoms with Crippen LogP contribution in [0.2, 0.25) is 0 Å². The first-order chi connectivity index (χ1) is 11.7. The Bertz CT molecular complexity index is 865. The lowest BCUT2D eigenvalue weighted by Gasteiger charge is -2.12. The van der Waals surface area contributed by atoms with Gasteiger partial charge in [-0.25, -0.2) is 17.1 Å². The van der Waals surface area contributed by atoms with Crippen LogP contribution in [0.15, 0.2) is 47.4 Å². The third-order valence-electron chi connectivity index (χ3n) is 3.48. The van der Waals surface area contributed by atoms with Crippen molar-refractivity contribution in [3.05, 3.63) is 53.8 Å². The van der Waals surface area contributed by atoms with Gasteiger partial charge in [-0.3, -0.25) is 4.79 Å². The molecule has 0 unspecified atom stereocenters. The first-order valence-electron chi connectivity index (χ1n) is 7.52. The van der Waals surface area contributed by atoms with E-state index in [9.17, 15) is 17.6 Å². The summed E-state index contributed by atoms with van der Waals surface area (Å²) in [5.74, 6) is -0.797. The molecule has 2 rings (SSSR count). The van der Waals surface area contributed by atoms with Crippen LogP contribution >= 0.6 is 0 Å². The smallest absolute Gasteiger partial charge is 0.243 e. The van der Waals surface area contributed by atoms with Crippen LogP contribution in [0.1, 0.15) is 5.56 Å². The molecule has 8 heteroatoms. The minimum absolute atomic E-state index is 0.113. The number of halogens is 1. The second-order valence-corrected chi connectivity index (χ2v) is 7.85. The van der Waals surface area contributed by atoms with Crippen molar-refractivity contribution in [2.24, 2.45) is 0 Å². The minimum Gasteiger partial charge on any atom is -0.374 e. The van der Waals surface area contributed by atoms with Crippen molar-refractivity contribution in [3.63, 3.8) is 0 Å². The Balaban J connectivity index is 1.97. The minimum atomic E-state index is -3.51. The van der Waals surface area contributed by atoms with Gasteiger partial charge in [0.1, 0.15) is 5.82 Å². The summed E-state index contributed by atoms with van der Waals surface area (Å²) in [6.07, 6.45) is 0. The van der Waals surface area contributed by atoms with Crippen molar-refractivity contribution in [2.45, 2.75) is 11.8 Å². The molecule has 0 saturated carbocycles. The molecule has 0 aliphatic rings. The number of rotatable bonds is 6. The second kappa shape index (κ2) is 7.62. The van der Waals surface area contributed by atoms with Crippen molar-refractivity contribution in [2.75, 3.05) is 31.3 Å². The first-order valence-corrected chi connectivity index (χ1v) is 8.96. The first kappa shape index (κ1) is 18.9. The molecule has 0 aliphatic heterocycles. The number of nitrogens with one attached hydrogen (secondary N) is 2. The number of hydrogen-bond donors (Lipinski definition) is 2. The fourth-order valence-corrected chi connectivity index (χ4v) is 2.97. The van der Waals surface area contributed by atoms with E-state index in [2.05, 4.69) is 10.6 Å². The standard InChI is InChI=1S/C17H20FN3O3S/c1-12-4-9-16(15(18)10-12)19-11-17(22)20-13-5-7-14(8-6-13)25(23,24)21(2)3/h4-10,19H,11H2,1-3H3,(H,20,22). The third kappa shape index (κ3) is 4.77. The Labute approximate surface area is 146 Å². The van der Waals surface area contributed by atoms with E-state index in [1.807, 2.05) is 0 Å². The fourth-order valence-electron chi connectivity index (χ4n) is 2.07. The molecule has 25 heavy (non-hydrogen) atoms. The molecule has 0 bridgehead atoms. The topological polar surface area (TPSA) is 78.5 Å². The van der Waals surface area contributed by atoms with Gasteiger partial charge in [0.15, 0.2) is 0 Å². The van der Waals surface area contributed by atoms with E-state index in [0.717, 1.165) is 9.87 Å². The van der Waals surface area contributed by atoms with E-state index in [4.69, 9.17) is 0 Å². The summed E-state index contributed by atoms with van der Waals surface area (Å²) in [7, 11) is -0.619. The summed E-state index contributed by atoms with van der Waals surface area (Å²) in [4.78, 5) is 12.1. The van der Waals surface area contributed by atoms with Gasteiger partial charge in [0.2, 0.25) is 15.9 Å². The molecule has 0 saturated heterocycles. The van der Waals surface area contributed by atoms with Crippen molar-refractivity contribution in [1.29, 1.82) is 0 Å². The highest BCUT2D eigenvalue weighted by Gasteiger charge is 2.16. The van der Waals surface area contributed by atoms with Gasteiger partial charge in [-0.15, -0.1) is 0 Å². The van der Waals surface area contributed by atoms with E-state index in [0.29, 0.717) is 5.69 Å². The average Bonchev–Trinajstić information content (AvgIpc) is 2.54. The van der Waals surface area contributed by atoms with Gasteiger partial charge in [0.05, 0.1) is 17.1 Å². The van der Waals surface area contributed by atoms with Crippen LogP contribution in [0.5, 0.6) is 0 Å². The maximum absolute atomic E-state index is 13.7. The Kier molecular flexibility index (Phi) is 5.76. The highest BCUT2D eigenvalue weighted by molar-refractivity contribution is 7.89. The average molecular weight is 365 g/mol. The molecule has 0 radical (unpaired) electrons. The van der Waals surface area contributed by atoms with E-state index in [1.165, 1.54) is 44.4 Å². The molecule has 0 fully saturated rings. The summed E-state index contributed by atoms with van der Waals surface area (Å²) in [6.45, 7) is 1.66. The van der Waals surface area contributed by atoms with Crippen LogP contribution in [0.4, 0.5) is 15.8 Å². The molecule has 2 aromatic rings. The molecule has 0 heterocycles. The lowest BCUT2D eigenvalue weighted by Crippen LogP contribution is -2.23. The number of aryl methyl sites for hydroxylation is 1. The zero-order valence-corrected chi connectivity index (χ0v) is 15.0. The van der Waals surface area contributed by atoms with Crippen LogP contribution in [0.3, 0.4) is 0 Å². The summed E-state index contributed by atoms with van der Waals surface area (Å²) in [6, 6.07) is 10.5. The largest absolute Gasteiger partial charge is 0.374 e. The Morgan fingerprint density at radius 3 is 2.32 bits per heavy atom. The highest BCUT2D eigenvalue weighted by atomic mass is 32.2. The number of carbonyl (C=O) groups excluding carboxylic acids is 1. The predicted octanol–water partition coefficient (Wildman–Crippen LogP) is 2.44. The maximum Gasteiger partial charge on any atom is 0.243 e. The molecule has 0 aromatic heterocycles. The number of amides is 1. The highest BCUT2D eigenvalue weighted by Crippen LogP contribution is 2.17. The molecule has 0 atom stereocenters. The van der Waals surface area contributed by atoms with Crippen LogP contribution < -0.4 is 10.6 Å². The molecule has 2 N–H and O–H groups in total. The van der Waals surface area contributed by atoms with Crippen molar-refractivity contribution in [3.8, 4) is 0 Å². The molecule has 6 nitrogen and oxygen atoms in total. The quantitative estimate of drug-likeness (QED) is 0.824. The van der Waals surface area contributed by atoms with Crippen LogP contribution in [0, 0.1) is 12.7 Å². The Hall–Kier alpha value is -2.45. The number of carbonyl (C=O) groups is 1. The lowest BCUT2D eigenvalue weighted by atomic mass is 10.2. The van der Waals surface area contributed by atoms with Crippen molar-refractivity contribution < 1.29 is 17.6 Å². The van der Waals surface area contributed by atoms with E-state index < -0.39 is 15.8 Å². The normalized spacial score (nSPS) is 11.4. The van der Waals surface area contributed by atoms with Gasteiger partial charge in [-0.05, 0) is 48.9 Å². The van der Waals surface area contributed by atoms with Gasteiger partial charge in [-0.2, -0.15) is 0 Å². The van der Waals surface area contributed by atoms with Crippen LogP contribution in [0.25, 0.3) is 0 Å².